The van der Waals surface area contributed by atoms with Gasteiger partial charge < -0.3 is 34.0 Å². The molecule has 4 heteroatoms. The van der Waals surface area contributed by atoms with Crippen LogP contribution in [-0.4, -0.2) is 5.49 Å². The maximum absolute atomic E-state index is 2.52. The Kier molecular flexibility index (Phi) is 8.68. The van der Waals surface area contributed by atoms with Gasteiger partial charge in [-0.2, -0.15) is 0 Å². The van der Waals surface area contributed by atoms with Gasteiger partial charge in [0, 0.05) is 0 Å². The smallest absolute Gasteiger partial charge is 1.00 e. The topological polar surface area (TPSA) is 0 Å². The Morgan fingerprint density at radius 2 is 1.38 bits per heavy atom. The van der Waals surface area contributed by atoms with Gasteiger partial charge in [0.15, 0.2) is 0 Å². The first-order valence-electron chi connectivity index (χ1n) is 5.18. The second kappa shape index (κ2) is 8.17. The van der Waals surface area contributed by atoms with Crippen LogP contribution in [0.1, 0.15) is 12.8 Å². The fourth-order valence-corrected chi connectivity index (χ4v) is 26.0. The van der Waals surface area contributed by atoms with Gasteiger partial charge in [0.05, 0.1) is 0 Å². The molecule has 0 nitrogen and oxygen atoms in total. The third-order valence-corrected chi connectivity index (χ3v) is 27.0. The van der Waals surface area contributed by atoms with E-state index in [0.717, 1.165) is 0 Å². The van der Waals surface area contributed by atoms with Gasteiger partial charge in [-0.15, -0.1) is 0 Å². The Labute approximate surface area is 127 Å². The van der Waals surface area contributed by atoms with Crippen molar-refractivity contribution >= 4 is 5.49 Å². The third kappa shape index (κ3) is 4.04. The normalized spacial score (nSPS) is 15.6. The monoisotopic (exact) mass is 526 g/mol. The number of halogens is 2. The van der Waals surface area contributed by atoms with Crippen molar-refractivity contribution in [2.75, 3.05) is 0 Å². The minimum absolute atomic E-state index is 0. The average Bonchev–Trinajstić information content (AvgIpc) is 2.75. The average molecular weight is 527 g/mol. The van der Waals surface area contributed by atoms with Crippen molar-refractivity contribution in [2.24, 2.45) is 0 Å². The first-order chi connectivity index (χ1) is 6.79. The van der Waals surface area contributed by atoms with Gasteiger partial charge in [-0.05, 0) is 0 Å². The van der Waals surface area contributed by atoms with Crippen LogP contribution < -0.4 is 34.0 Å². The third-order valence-electron chi connectivity index (χ3n) is 2.68. The Morgan fingerprint density at radius 3 is 1.62 bits per heavy atom. The molecule has 0 saturated carbocycles. The molecule has 16 heavy (non-hydrogen) atoms. The molecule has 0 N–H and O–H groups in total. The van der Waals surface area contributed by atoms with Crippen molar-refractivity contribution < 1.29 is 54.0 Å². The van der Waals surface area contributed by atoms with Crippen LogP contribution in [0.5, 0.6) is 0 Å². The molecular formula is C12H16Br2HfSi. The zero-order valence-corrected chi connectivity index (χ0v) is 17.4. The van der Waals surface area contributed by atoms with Gasteiger partial charge in [0.1, 0.15) is 0 Å². The molecule has 2 rings (SSSR count). The maximum Gasteiger partial charge on any atom is -1.00 e. The van der Waals surface area contributed by atoms with E-state index in [1.165, 1.54) is 12.8 Å². The van der Waals surface area contributed by atoms with Gasteiger partial charge in [-0.1, -0.05) is 0 Å². The fourth-order valence-electron chi connectivity index (χ4n) is 2.11. The first-order valence-corrected chi connectivity index (χ1v) is 16.7. The summed E-state index contributed by atoms with van der Waals surface area (Å²) in [6, 6.07) is 0. The molecule has 0 amide bonds. The largest absolute Gasteiger partial charge is 1.00 e. The van der Waals surface area contributed by atoms with Gasteiger partial charge >= 0.3 is 94.6 Å². The van der Waals surface area contributed by atoms with Gasteiger partial charge in [0.25, 0.3) is 0 Å². The van der Waals surface area contributed by atoms with Crippen molar-refractivity contribution in [1.82, 2.24) is 0 Å². The van der Waals surface area contributed by atoms with Crippen LogP contribution in [0.2, 0.25) is 13.1 Å². The van der Waals surface area contributed by atoms with Crippen LogP contribution in [0, 0.1) is 0 Å². The molecular weight excluding hydrogens is 511 g/mol. The Hall–Kier alpha value is 1.01. The molecule has 0 saturated heterocycles. The Bertz CT molecular complexity index is 367. The van der Waals surface area contributed by atoms with Crippen LogP contribution in [0.4, 0.5) is 0 Å². The zero-order chi connectivity index (χ0) is 9.97. The molecule has 0 fully saturated rings. The summed E-state index contributed by atoms with van der Waals surface area (Å²) < 4.78 is 3.70. The molecule has 0 aromatic heterocycles. The predicted octanol–water partition coefficient (Wildman–Crippen LogP) is -2.45. The fraction of sp³-hybridized carbons (Fsp3) is 0.333. The number of hydrogen-bond acceptors (Lipinski definition) is 0. The van der Waals surface area contributed by atoms with Crippen LogP contribution >= 0.6 is 0 Å². The molecule has 0 atom stereocenters. The molecule has 0 unspecified atom stereocenters. The number of hydrogen-bond donors (Lipinski definition) is 0. The van der Waals surface area contributed by atoms with Crippen LogP contribution in [0.25, 0.3) is 0 Å². The zero-order valence-electron chi connectivity index (χ0n) is 9.63. The van der Waals surface area contributed by atoms with E-state index < -0.39 is 20.1 Å². The molecule has 0 aliphatic heterocycles. The van der Waals surface area contributed by atoms with Gasteiger partial charge in [-0.3, -0.25) is 0 Å². The van der Waals surface area contributed by atoms with Crippen LogP contribution in [0.15, 0.2) is 43.1 Å². The Balaban J connectivity index is 0.00000112. The first kappa shape index (κ1) is 17.0. The SMILES string of the molecule is C[Si](C)=[Hf+2]([C]1=CC=CC1)[C]1=CC=CC1.[Br-].[Br-]. The van der Waals surface area contributed by atoms with E-state index in [9.17, 15) is 0 Å². The van der Waals surface area contributed by atoms with Crippen molar-refractivity contribution in [3.8, 4) is 0 Å². The summed E-state index contributed by atoms with van der Waals surface area (Å²) in [5.41, 5.74) is -0.0425. The summed E-state index contributed by atoms with van der Waals surface area (Å²) in [6.07, 6.45) is 16.5. The molecule has 0 bridgehead atoms. The molecule has 0 spiro atoms. The Morgan fingerprint density at radius 1 is 0.938 bits per heavy atom. The molecule has 86 valence electrons. The van der Waals surface area contributed by atoms with Crippen molar-refractivity contribution in [2.45, 2.75) is 25.9 Å². The van der Waals surface area contributed by atoms with E-state index >= 15 is 0 Å². The summed E-state index contributed by atoms with van der Waals surface area (Å²) >= 11 is -1.50. The summed E-state index contributed by atoms with van der Waals surface area (Å²) in [6.45, 7) is 5.04. The maximum atomic E-state index is 2.52. The van der Waals surface area contributed by atoms with E-state index in [-0.39, 0.29) is 39.5 Å². The van der Waals surface area contributed by atoms with E-state index in [1.54, 1.807) is 0 Å². The molecule has 0 aromatic rings. The van der Waals surface area contributed by atoms with E-state index in [2.05, 4.69) is 49.6 Å². The van der Waals surface area contributed by atoms with Crippen LogP contribution in [0.3, 0.4) is 0 Å². The second-order valence-electron chi connectivity index (χ2n) is 4.02. The molecule has 0 radical (unpaired) electrons. The van der Waals surface area contributed by atoms with Gasteiger partial charge in [-0.25, -0.2) is 0 Å². The summed E-state index contributed by atoms with van der Waals surface area (Å²) in [7, 11) is 0. The van der Waals surface area contributed by atoms with Crippen molar-refractivity contribution in [3.63, 3.8) is 0 Å². The van der Waals surface area contributed by atoms with Crippen molar-refractivity contribution in [3.05, 3.63) is 43.1 Å². The van der Waals surface area contributed by atoms with Crippen molar-refractivity contribution in [1.29, 1.82) is 0 Å². The molecule has 2 aliphatic rings. The predicted molar refractivity (Wildman–Crippen MR) is 61.2 cm³/mol. The molecule has 0 aromatic carbocycles. The summed E-state index contributed by atoms with van der Waals surface area (Å²) in [5.74, 6) is 0. The minimum atomic E-state index is -1.50. The minimum Gasteiger partial charge on any atom is -1.00 e. The van der Waals surface area contributed by atoms with Gasteiger partial charge in [0.2, 0.25) is 0 Å². The van der Waals surface area contributed by atoms with E-state index in [4.69, 9.17) is 0 Å². The summed E-state index contributed by atoms with van der Waals surface area (Å²) in [5, 5.41) is 0. The van der Waals surface area contributed by atoms with E-state index in [0.29, 0.717) is 0 Å². The molecule has 0 heterocycles. The number of rotatable bonds is 2. The van der Waals surface area contributed by atoms with E-state index in [1.807, 2.05) is 6.66 Å². The quantitative estimate of drug-likeness (QED) is 0.351. The summed E-state index contributed by atoms with van der Waals surface area (Å²) in [4.78, 5) is 0. The number of allylic oxidation sites excluding steroid dienone is 8. The standard InChI is InChI=1S/2C5H5.C2H6Si.2BrH.Hf/c2*1-2-4-5-3-1;1-3-2;;;/h2*1-3H,4H2;1-2H3;2*1H;/q;;;;;+2/p-2. The molecule has 2 aliphatic carbocycles. The van der Waals surface area contributed by atoms with Crippen LogP contribution in [-0.2, 0) is 20.1 Å². The second-order valence-corrected chi connectivity index (χ2v) is 28.2.